The molecule has 0 amide bonds. The third-order valence-electron chi connectivity index (χ3n) is 5.61. The molecule has 0 spiro atoms. The number of carbonyl (C=O) groups excluding carboxylic acids is 1. The van der Waals surface area contributed by atoms with Gasteiger partial charge in [0.1, 0.15) is 5.76 Å². The minimum atomic E-state index is -3.50. The van der Waals surface area contributed by atoms with Crippen LogP contribution in [0.2, 0.25) is 0 Å². The zero-order chi connectivity index (χ0) is 26.6. The molecular formula is C24H17N3O8S2. The van der Waals surface area contributed by atoms with Crippen LogP contribution in [0.3, 0.4) is 0 Å². The first-order valence-corrected chi connectivity index (χ1v) is 13.3. The van der Waals surface area contributed by atoms with Gasteiger partial charge in [0.25, 0.3) is 5.69 Å². The number of non-ortho nitro benzene ring substituents is 1. The number of aromatic hydroxyl groups is 2. The Labute approximate surface area is 212 Å². The van der Waals surface area contributed by atoms with Gasteiger partial charge in [-0.1, -0.05) is 23.5 Å². The molecule has 13 heteroatoms. The first kappa shape index (κ1) is 24.2. The summed E-state index contributed by atoms with van der Waals surface area (Å²) in [7, 11) is -3.50. The number of aryl methyl sites for hydroxylation is 1. The number of nitro benzene ring substituents is 1. The number of aromatic nitrogens is 2. The van der Waals surface area contributed by atoms with E-state index in [-0.39, 0.29) is 38.3 Å². The lowest BCUT2D eigenvalue weighted by Crippen LogP contribution is -2.04. The predicted molar refractivity (Wildman–Crippen MR) is 134 cm³/mol. The van der Waals surface area contributed by atoms with Crippen molar-refractivity contribution in [2.24, 2.45) is 0 Å². The van der Waals surface area contributed by atoms with E-state index in [2.05, 4.69) is 4.98 Å². The lowest BCUT2D eigenvalue weighted by Gasteiger charge is -2.09. The van der Waals surface area contributed by atoms with Crippen LogP contribution in [0.15, 0.2) is 63.9 Å². The number of nitrogens with zero attached hydrogens (tertiary/aromatic N) is 3. The molecule has 3 aromatic heterocycles. The average Bonchev–Trinajstić information content (AvgIpc) is 3.53. The van der Waals surface area contributed by atoms with Crippen molar-refractivity contribution in [2.75, 3.05) is 6.26 Å². The number of nitro groups is 1. The molecule has 2 aromatic carbocycles. The maximum Gasteiger partial charge on any atom is 0.270 e. The van der Waals surface area contributed by atoms with E-state index in [0.29, 0.717) is 16.0 Å². The van der Waals surface area contributed by atoms with Crippen LogP contribution in [0.5, 0.6) is 11.6 Å². The first-order valence-electron chi connectivity index (χ1n) is 10.6. The van der Waals surface area contributed by atoms with Crippen LogP contribution in [0, 0.1) is 17.0 Å². The minimum Gasteiger partial charge on any atom is -0.503 e. The Hall–Kier alpha value is -4.49. The highest BCUT2D eigenvalue weighted by atomic mass is 32.2. The summed E-state index contributed by atoms with van der Waals surface area (Å²) in [6, 6.07) is 12.6. The van der Waals surface area contributed by atoms with Crippen LogP contribution in [0.4, 0.5) is 5.69 Å². The normalized spacial score (nSPS) is 11.7. The van der Waals surface area contributed by atoms with Gasteiger partial charge in [0, 0.05) is 24.0 Å². The van der Waals surface area contributed by atoms with Crippen molar-refractivity contribution in [3.8, 4) is 28.0 Å². The summed E-state index contributed by atoms with van der Waals surface area (Å²) < 4.78 is 31.0. The van der Waals surface area contributed by atoms with Crippen LogP contribution in [0.25, 0.3) is 26.6 Å². The lowest BCUT2D eigenvalue weighted by molar-refractivity contribution is -0.384. The SMILES string of the molecule is Cc1ccc(C(=O)c2c(O)c(O)n(-c3nc4ccc(S(C)(=O)=O)cc4s3)c2-c2cccc([N+](=O)[O-])c2)o1. The van der Waals surface area contributed by atoms with Gasteiger partial charge < -0.3 is 14.6 Å². The number of hydrogen-bond donors (Lipinski definition) is 2. The fourth-order valence-electron chi connectivity index (χ4n) is 3.89. The number of furan rings is 1. The van der Waals surface area contributed by atoms with Crippen LogP contribution in [0.1, 0.15) is 21.9 Å². The van der Waals surface area contributed by atoms with Crippen LogP contribution >= 0.6 is 11.3 Å². The van der Waals surface area contributed by atoms with E-state index in [4.69, 9.17) is 4.42 Å². The Bertz CT molecular complexity index is 1850. The molecular weight excluding hydrogens is 522 g/mol. The molecule has 0 radical (unpaired) electrons. The number of carbonyl (C=O) groups is 1. The van der Waals surface area contributed by atoms with Gasteiger partial charge in [-0.05, 0) is 37.3 Å². The van der Waals surface area contributed by atoms with Crippen LogP contribution in [-0.2, 0) is 9.84 Å². The molecule has 0 aliphatic carbocycles. The summed E-state index contributed by atoms with van der Waals surface area (Å²) >= 11 is 0.996. The summed E-state index contributed by atoms with van der Waals surface area (Å²) in [5.41, 5.74) is -0.130. The van der Waals surface area contributed by atoms with Gasteiger partial charge in [-0.25, -0.2) is 13.4 Å². The molecule has 0 saturated heterocycles. The summed E-state index contributed by atoms with van der Waals surface area (Å²) in [4.78, 5) is 28.8. The van der Waals surface area contributed by atoms with E-state index in [9.17, 15) is 33.5 Å². The van der Waals surface area contributed by atoms with Gasteiger partial charge in [0.05, 0.1) is 31.3 Å². The van der Waals surface area contributed by atoms with Crippen molar-refractivity contribution >= 4 is 42.9 Å². The second-order valence-electron chi connectivity index (χ2n) is 8.18. The van der Waals surface area contributed by atoms with Gasteiger partial charge in [0.15, 0.2) is 26.5 Å². The maximum atomic E-state index is 13.4. The van der Waals surface area contributed by atoms with E-state index >= 15 is 0 Å². The van der Waals surface area contributed by atoms with E-state index in [1.807, 2.05) is 0 Å². The van der Waals surface area contributed by atoms with Crippen molar-refractivity contribution in [3.05, 3.63) is 81.8 Å². The molecule has 37 heavy (non-hydrogen) atoms. The van der Waals surface area contributed by atoms with E-state index in [1.165, 1.54) is 48.5 Å². The van der Waals surface area contributed by atoms with Gasteiger partial charge in [0.2, 0.25) is 11.7 Å². The third-order valence-corrected chi connectivity index (χ3v) is 7.72. The number of ketones is 1. The molecule has 0 bridgehead atoms. The van der Waals surface area contributed by atoms with E-state index in [1.54, 1.807) is 13.0 Å². The Balaban J connectivity index is 1.81. The van der Waals surface area contributed by atoms with Gasteiger partial charge >= 0.3 is 0 Å². The quantitative estimate of drug-likeness (QED) is 0.178. The van der Waals surface area contributed by atoms with Gasteiger partial charge in [-0.3, -0.25) is 19.5 Å². The number of thiazole rings is 1. The highest BCUT2D eigenvalue weighted by molar-refractivity contribution is 7.90. The monoisotopic (exact) mass is 539 g/mol. The molecule has 2 N–H and O–H groups in total. The molecule has 0 aliphatic heterocycles. The number of sulfone groups is 1. The fraction of sp³-hybridized carbons (Fsp3) is 0.0833. The summed E-state index contributed by atoms with van der Waals surface area (Å²) in [6.07, 6.45) is 1.07. The van der Waals surface area contributed by atoms with Crippen molar-refractivity contribution < 1.29 is 32.8 Å². The topological polar surface area (TPSA) is 166 Å². The van der Waals surface area contributed by atoms with Crippen molar-refractivity contribution in [3.63, 3.8) is 0 Å². The summed E-state index contributed by atoms with van der Waals surface area (Å²) in [5, 5.41) is 33.4. The summed E-state index contributed by atoms with van der Waals surface area (Å²) in [5.74, 6) is -1.93. The molecule has 3 heterocycles. The average molecular weight is 540 g/mol. The molecule has 0 unspecified atom stereocenters. The second kappa shape index (κ2) is 8.57. The zero-order valence-corrected chi connectivity index (χ0v) is 20.8. The predicted octanol–water partition coefficient (Wildman–Crippen LogP) is 4.61. The third kappa shape index (κ3) is 4.13. The molecule has 5 aromatic rings. The Kier molecular flexibility index (Phi) is 5.61. The van der Waals surface area contributed by atoms with Crippen LogP contribution < -0.4 is 0 Å². The van der Waals surface area contributed by atoms with Crippen LogP contribution in [-0.4, -0.2) is 45.1 Å². The maximum absolute atomic E-state index is 13.4. The Morgan fingerprint density at radius 1 is 1.14 bits per heavy atom. The molecule has 0 fully saturated rings. The minimum absolute atomic E-state index is 0.0554. The molecule has 5 rings (SSSR count). The zero-order valence-electron chi connectivity index (χ0n) is 19.2. The summed E-state index contributed by atoms with van der Waals surface area (Å²) in [6.45, 7) is 1.63. The van der Waals surface area contributed by atoms with Gasteiger partial charge in [-0.15, -0.1) is 0 Å². The number of benzene rings is 2. The number of fused-ring (bicyclic) bond motifs is 1. The van der Waals surface area contributed by atoms with Crippen molar-refractivity contribution in [2.45, 2.75) is 11.8 Å². The molecule has 0 saturated carbocycles. The largest absolute Gasteiger partial charge is 0.503 e. The Morgan fingerprint density at radius 2 is 1.89 bits per heavy atom. The van der Waals surface area contributed by atoms with Crippen molar-refractivity contribution in [1.82, 2.24) is 9.55 Å². The van der Waals surface area contributed by atoms with Crippen molar-refractivity contribution in [1.29, 1.82) is 0 Å². The van der Waals surface area contributed by atoms with E-state index < -0.39 is 32.2 Å². The lowest BCUT2D eigenvalue weighted by atomic mass is 10.0. The molecule has 188 valence electrons. The number of hydrogen-bond acceptors (Lipinski definition) is 10. The molecule has 0 atom stereocenters. The van der Waals surface area contributed by atoms with Gasteiger partial charge in [-0.2, -0.15) is 0 Å². The second-order valence-corrected chi connectivity index (χ2v) is 11.2. The highest BCUT2D eigenvalue weighted by Crippen LogP contribution is 2.46. The van der Waals surface area contributed by atoms with E-state index in [0.717, 1.165) is 22.2 Å². The first-order chi connectivity index (χ1) is 17.5. The smallest absolute Gasteiger partial charge is 0.270 e. The fourth-order valence-corrected chi connectivity index (χ4v) is 5.62. The standard InChI is InChI=1S/C24H17N3O8S2/c1-12-6-9-17(35-12)21(28)19-20(13-4-3-5-14(10-13)27(31)32)26(23(30)22(19)29)24-25-16-8-7-15(37(2,33)34)11-18(16)36-24/h3-11,29-30H,1-2H3. The number of rotatable bonds is 6. The highest BCUT2D eigenvalue weighted by Gasteiger charge is 2.33. The Morgan fingerprint density at radius 3 is 2.54 bits per heavy atom. The molecule has 0 aliphatic rings. The molecule has 11 nitrogen and oxygen atoms in total.